The highest BCUT2D eigenvalue weighted by atomic mass is 35.5. The molecule has 1 amide bonds. The van der Waals surface area contributed by atoms with Gasteiger partial charge in [-0.05, 0) is 43.7 Å². The monoisotopic (exact) mass is 461 g/mol. The molecule has 0 radical (unpaired) electrons. The van der Waals surface area contributed by atoms with E-state index < -0.39 is 5.25 Å². The highest BCUT2D eigenvalue weighted by Crippen LogP contribution is 2.28. The maximum Gasteiger partial charge on any atom is 0.262 e. The van der Waals surface area contributed by atoms with E-state index in [4.69, 9.17) is 21.1 Å². The molecule has 1 unspecified atom stereocenters. The van der Waals surface area contributed by atoms with Crippen LogP contribution in [0.2, 0.25) is 5.02 Å². The van der Waals surface area contributed by atoms with Crippen LogP contribution < -0.4 is 15.6 Å². The number of rotatable bonds is 9. The van der Waals surface area contributed by atoms with E-state index in [-0.39, 0.29) is 11.5 Å². The number of carbonyl (C=O) groups is 1. The Bertz CT molecular complexity index is 1140. The van der Waals surface area contributed by atoms with Crippen molar-refractivity contribution < 1.29 is 14.3 Å². The summed E-state index contributed by atoms with van der Waals surface area (Å²) in [7, 11) is 3.15. The van der Waals surface area contributed by atoms with E-state index in [1.807, 2.05) is 12.1 Å². The van der Waals surface area contributed by atoms with Crippen molar-refractivity contribution in [1.29, 1.82) is 0 Å². The van der Waals surface area contributed by atoms with Crippen molar-refractivity contribution in [2.75, 3.05) is 26.1 Å². The van der Waals surface area contributed by atoms with Gasteiger partial charge in [-0.2, -0.15) is 0 Å². The summed E-state index contributed by atoms with van der Waals surface area (Å²) in [6.45, 7) is 2.75. The molecule has 0 aliphatic carbocycles. The summed E-state index contributed by atoms with van der Waals surface area (Å²) in [5.41, 5.74) is 1.04. The molecule has 0 aliphatic heterocycles. The number of hydrogen-bond acceptors (Lipinski definition) is 6. The number of benzene rings is 2. The SMILES string of the molecule is COCCCn1c(SC(C)C(=O)Nc2ccc(OC)c(Cl)c2)nc2ccccc2c1=O. The first-order valence-electron chi connectivity index (χ1n) is 9.74. The van der Waals surface area contributed by atoms with Gasteiger partial charge in [0.15, 0.2) is 5.16 Å². The van der Waals surface area contributed by atoms with Gasteiger partial charge in [-0.15, -0.1) is 0 Å². The van der Waals surface area contributed by atoms with Crippen LogP contribution >= 0.6 is 23.4 Å². The minimum Gasteiger partial charge on any atom is -0.495 e. The topological polar surface area (TPSA) is 82.4 Å². The van der Waals surface area contributed by atoms with Gasteiger partial charge in [0.1, 0.15) is 5.75 Å². The van der Waals surface area contributed by atoms with Crippen LogP contribution in [0, 0.1) is 0 Å². The van der Waals surface area contributed by atoms with Crippen molar-refractivity contribution in [3.63, 3.8) is 0 Å². The van der Waals surface area contributed by atoms with Crippen LogP contribution in [-0.2, 0) is 16.1 Å². The number of methoxy groups -OCH3 is 2. The van der Waals surface area contributed by atoms with E-state index >= 15 is 0 Å². The number of aromatic nitrogens is 2. The maximum absolute atomic E-state index is 13.0. The number of hydrogen-bond donors (Lipinski definition) is 1. The Morgan fingerprint density at radius 2 is 2.03 bits per heavy atom. The van der Waals surface area contributed by atoms with Crippen LogP contribution in [0.15, 0.2) is 52.4 Å². The molecule has 2 aromatic carbocycles. The molecular formula is C22H24ClN3O4S. The zero-order valence-electron chi connectivity index (χ0n) is 17.6. The molecule has 0 saturated carbocycles. The van der Waals surface area contributed by atoms with E-state index in [2.05, 4.69) is 10.3 Å². The van der Waals surface area contributed by atoms with Crippen molar-refractivity contribution in [2.24, 2.45) is 0 Å². The Morgan fingerprint density at radius 1 is 1.26 bits per heavy atom. The number of nitrogens with one attached hydrogen (secondary N) is 1. The summed E-state index contributed by atoms with van der Waals surface area (Å²) in [6.07, 6.45) is 0.662. The van der Waals surface area contributed by atoms with Gasteiger partial charge in [-0.25, -0.2) is 4.98 Å². The number of anilines is 1. The van der Waals surface area contributed by atoms with Crippen molar-refractivity contribution in [3.8, 4) is 5.75 Å². The summed E-state index contributed by atoms with van der Waals surface area (Å²) in [4.78, 5) is 30.4. The average molecular weight is 462 g/mol. The Morgan fingerprint density at radius 3 is 2.74 bits per heavy atom. The number of para-hydroxylation sites is 1. The molecule has 0 fully saturated rings. The first-order valence-corrected chi connectivity index (χ1v) is 11.0. The summed E-state index contributed by atoms with van der Waals surface area (Å²) in [6, 6.07) is 12.2. The van der Waals surface area contributed by atoms with E-state index in [0.717, 1.165) is 0 Å². The second-order valence-electron chi connectivity index (χ2n) is 6.81. The summed E-state index contributed by atoms with van der Waals surface area (Å²) >= 11 is 7.37. The maximum atomic E-state index is 13.0. The van der Waals surface area contributed by atoms with Crippen LogP contribution in [0.1, 0.15) is 13.3 Å². The third-order valence-corrected chi connectivity index (χ3v) is 6.01. The number of ether oxygens (including phenoxy) is 2. The third-order valence-electron chi connectivity index (χ3n) is 4.63. The molecule has 164 valence electrons. The molecule has 3 aromatic rings. The Kier molecular flexibility index (Phi) is 7.95. The normalized spacial score (nSPS) is 12.0. The molecular weight excluding hydrogens is 438 g/mol. The van der Waals surface area contributed by atoms with Gasteiger partial charge in [0, 0.05) is 25.9 Å². The van der Waals surface area contributed by atoms with Crippen molar-refractivity contribution in [3.05, 3.63) is 57.8 Å². The van der Waals surface area contributed by atoms with Gasteiger partial charge >= 0.3 is 0 Å². The summed E-state index contributed by atoms with van der Waals surface area (Å²) in [5, 5.41) is 3.80. The molecule has 1 atom stereocenters. The quantitative estimate of drug-likeness (QED) is 0.292. The number of halogens is 1. The first kappa shape index (κ1) is 23.1. The Balaban J connectivity index is 1.83. The summed E-state index contributed by atoms with van der Waals surface area (Å²) < 4.78 is 11.9. The highest BCUT2D eigenvalue weighted by Gasteiger charge is 2.20. The number of thioether (sulfide) groups is 1. The Labute approximate surface area is 189 Å². The van der Waals surface area contributed by atoms with Crippen molar-refractivity contribution in [1.82, 2.24) is 9.55 Å². The van der Waals surface area contributed by atoms with Gasteiger partial charge in [0.25, 0.3) is 5.56 Å². The van der Waals surface area contributed by atoms with E-state index in [0.29, 0.717) is 52.1 Å². The molecule has 0 saturated heterocycles. The molecule has 1 aromatic heterocycles. The van der Waals surface area contributed by atoms with E-state index in [9.17, 15) is 9.59 Å². The largest absolute Gasteiger partial charge is 0.495 e. The standard InChI is InChI=1S/C22H24ClN3O4S/c1-14(20(27)24-15-9-10-19(30-3)17(23)13-15)31-22-25-18-8-5-4-7-16(18)21(28)26(22)11-6-12-29-2/h4-5,7-10,13-14H,6,11-12H2,1-3H3,(H,24,27). The van der Waals surface area contributed by atoms with Gasteiger partial charge in [-0.1, -0.05) is 35.5 Å². The predicted octanol–water partition coefficient (Wildman–Crippen LogP) is 4.21. The number of nitrogens with zero attached hydrogens (tertiary/aromatic N) is 2. The fraction of sp³-hybridized carbons (Fsp3) is 0.318. The zero-order valence-corrected chi connectivity index (χ0v) is 19.1. The Hall–Kier alpha value is -2.55. The second kappa shape index (κ2) is 10.7. The average Bonchev–Trinajstić information content (AvgIpc) is 2.76. The van der Waals surface area contributed by atoms with Crippen LogP contribution in [-0.4, -0.2) is 41.5 Å². The second-order valence-corrected chi connectivity index (χ2v) is 8.53. The van der Waals surface area contributed by atoms with Crippen LogP contribution in [0.5, 0.6) is 5.75 Å². The number of fused-ring (bicyclic) bond motifs is 1. The summed E-state index contributed by atoms with van der Waals surface area (Å²) in [5.74, 6) is 0.305. The first-order chi connectivity index (χ1) is 14.9. The van der Waals surface area contributed by atoms with Crippen molar-refractivity contribution >= 4 is 45.9 Å². The molecule has 3 rings (SSSR count). The van der Waals surface area contributed by atoms with E-state index in [1.54, 1.807) is 48.9 Å². The fourth-order valence-electron chi connectivity index (χ4n) is 3.00. The van der Waals surface area contributed by atoms with Gasteiger partial charge in [0.05, 0.1) is 28.3 Å². The lowest BCUT2D eigenvalue weighted by Gasteiger charge is -2.16. The molecule has 1 N–H and O–H groups in total. The molecule has 0 aliphatic rings. The predicted molar refractivity (Wildman–Crippen MR) is 124 cm³/mol. The van der Waals surface area contributed by atoms with Gasteiger partial charge in [-0.3, -0.25) is 14.2 Å². The fourth-order valence-corrected chi connectivity index (χ4v) is 4.19. The molecule has 9 heteroatoms. The molecule has 1 heterocycles. The molecule has 0 spiro atoms. The van der Waals surface area contributed by atoms with Crippen LogP contribution in [0.3, 0.4) is 0 Å². The number of amides is 1. The molecule has 31 heavy (non-hydrogen) atoms. The van der Waals surface area contributed by atoms with Gasteiger partial charge in [0.2, 0.25) is 5.91 Å². The minimum atomic E-state index is -0.498. The lowest BCUT2D eigenvalue weighted by Crippen LogP contribution is -2.27. The lowest BCUT2D eigenvalue weighted by molar-refractivity contribution is -0.115. The zero-order chi connectivity index (χ0) is 22.4. The van der Waals surface area contributed by atoms with Crippen LogP contribution in [0.25, 0.3) is 10.9 Å². The molecule has 7 nitrogen and oxygen atoms in total. The van der Waals surface area contributed by atoms with E-state index in [1.165, 1.54) is 18.9 Å². The van der Waals surface area contributed by atoms with Crippen LogP contribution in [0.4, 0.5) is 5.69 Å². The number of carbonyl (C=O) groups excluding carboxylic acids is 1. The highest BCUT2D eigenvalue weighted by molar-refractivity contribution is 8.00. The lowest BCUT2D eigenvalue weighted by atomic mass is 10.2. The third kappa shape index (κ3) is 5.58. The smallest absolute Gasteiger partial charge is 0.262 e. The van der Waals surface area contributed by atoms with Gasteiger partial charge < -0.3 is 14.8 Å². The minimum absolute atomic E-state index is 0.126. The van der Waals surface area contributed by atoms with Crippen molar-refractivity contribution in [2.45, 2.75) is 30.3 Å². The molecule has 0 bridgehead atoms.